The molecule has 0 aromatic heterocycles. The second kappa shape index (κ2) is 6.78. The van der Waals surface area contributed by atoms with E-state index in [0.717, 1.165) is 0 Å². The third kappa shape index (κ3) is 3.39. The predicted octanol–water partition coefficient (Wildman–Crippen LogP) is 3.17. The minimum atomic E-state index is -0.489. The van der Waals surface area contributed by atoms with Crippen LogP contribution in [0.3, 0.4) is 0 Å². The molecule has 0 saturated carbocycles. The number of aryl methyl sites for hydroxylation is 1. The van der Waals surface area contributed by atoms with Crippen molar-refractivity contribution in [2.24, 2.45) is 0 Å². The summed E-state index contributed by atoms with van der Waals surface area (Å²) in [6.45, 7) is 1.63. The van der Waals surface area contributed by atoms with Crippen LogP contribution in [-0.4, -0.2) is 25.1 Å². The first kappa shape index (κ1) is 16.3. The van der Waals surface area contributed by atoms with Gasteiger partial charge in [-0.2, -0.15) is 0 Å². The van der Waals surface area contributed by atoms with Gasteiger partial charge < -0.3 is 14.8 Å². The first-order valence-corrected chi connectivity index (χ1v) is 6.75. The van der Waals surface area contributed by atoms with E-state index in [1.807, 2.05) is 0 Å². The number of ether oxygens (including phenoxy) is 2. The largest absolute Gasteiger partial charge is 0.493 e. The van der Waals surface area contributed by atoms with Crippen molar-refractivity contribution in [2.75, 3.05) is 19.5 Å². The monoisotopic (exact) mass is 316 g/mol. The number of para-hydroxylation sites is 1. The van der Waals surface area contributed by atoms with Gasteiger partial charge in [0.2, 0.25) is 0 Å². The number of carbonyl (C=O) groups excluding carboxylic acids is 1. The molecule has 2 aromatic rings. The minimum Gasteiger partial charge on any atom is -0.493 e. The summed E-state index contributed by atoms with van der Waals surface area (Å²) in [5.74, 6) is 0.281. The Balaban J connectivity index is 2.33. The number of nitro benzene ring substituents is 1. The molecule has 1 N–H and O–H groups in total. The molecule has 0 aliphatic rings. The number of carbonyl (C=O) groups is 1. The van der Waals surface area contributed by atoms with Gasteiger partial charge in [-0.05, 0) is 25.1 Å². The van der Waals surface area contributed by atoms with E-state index in [4.69, 9.17) is 9.47 Å². The summed E-state index contributed by atoms with van der Waals surface area (Å²) in [5, 5.41) is 13.6. The Kier molecular flexibility index (Phi) is 4.80. The predicted molar refractivity (Wildman–Crippen MR) is 85.3 cm³/mol. The van der Waals surface area contributed by atoms with Crippen molar-refractivity contribution in [2.45, 2.75) is 6.92 Å². The maximum Gasteiger partial charge on any atom is 0.274 e. The molecule has 0 saturated heterocycles. The van der Waals surface area contributed by atoms with Crippen molar-refractivity contribution in [3.05, 3.63) is 57.6 Å². The number of nitrogens with one attached hydrogen (secondary N) is 1. The number of nitro groups is 1. The van der Waals surface area contributed by atoms with E-state index < -0.39 is 10.8 Å². The summed E-state index contributed by atoms with van der Waals surface area (Å²) in [7, 11) is 2.91. The van der Waals surface area contributed by atoms with Gasteiger partial charge in [0.25, 0.3) is 11.6 Å². The van der Waals surface area contributed by atoms with Gasteiger partial charge >= 0.3 is 0 Å². The first-order chi connectivity index (χ1) is 11.0. The van der Waals surface area contributed by atoms with Crippen LogP contribution in [0.2, 0.25) is 0 Å². The van der Waals surface area contributed by atoms with E-state index in [9.17, 15) is 14.9 Å². The molecule has 0 aliphatic heterocycles. The third-order valence-corrected chi connectivity index (χ3v) is 3.31. The molecule has 23 heavy (non-hydrogen) atoms. The van der Waals surface area contributed by atoms with Crippen molar-refractivity contribution < 1.29 is 19.2 Å². The molecule has 0 spiro atoms. The Morgan fingerprint density at radius 1 is 1.17 bits per heavy atom. The van der Waals surface area contributed by atoms with E-state index in [-0.39, 0.29) is 11.3 Å². The Hall–Kier alpha value is -3.09. The molecule has 0 radical (unpaired) electrons. The van der Waals surface area contributed by atoms with Gasteiger partial charge in [-0.15, -0.1) is 0 Å². The molecule has 2 aromatic carbocycles. The highest BCUT2D eigenvalue weighted by molar-refractivity contribution is 6.06. The number of rotatable bonds is 5. The lowest BCUT2D eigenvalue weighted by Crippen LogP contribution is -2.13. The summed E-state index contributed by atoms with van der Waals surface area (Å²) < 4.78 is 10.4. The van der Waals surface area contributed by atoms with Crippen molar-refractivity contribution in [3.8, 4) is 11.5 Å². The lowest BCUT2D eigenvalue weighted by Gasteiger charge is -2.12. The van der Waals surface area contributed by atoms with E-state index in [2.05, 4.69) is 5.32 Å². The number of benzene rings is 2. The van der Waals surface area contributed by atoms with Crippen molar-refractivity contribution in [3.63, 3.8) is 0 Å². The zero-order chi connectivity index (χ0) is 17.0. The van der Waals surface area contributed by atoms with E-state index in [1.54, 1.807) is 37.3 Å². The van der Waals surface area contributed by atoms with Crippen LogP contribution in [0.25, 0.3) is 0 Å². The molecule has 120 valence electrons. The zero-order valence-corrected chi connectivity index (χ0v) is 13.0. The second-order valence-corrected chi connectivity index (χ2v) is 4.75. The SMILES string of the molecule is COc1cccc(C(=O)Nc2ccc(C)c([N+](=O)[O-])c2)c1OC. The van der Waals surface area contributed by atoms with Crippen LogP contribution in [-0.2, 0) is 0 Å². The van der Waals surface area contributed by atoms with Crippen LogP contribution in [0.4, 0.5) is 11.4 Å². The smallest absolute Gasteiger partial charge is 0.274 e. The Morgan fingerprint density at radius 2 is 1.91 bits per heavy atom. The number of methoxy groups -OCH3 is 2. The normalized spacial score (nSPS) is 10.0. The summed E-state index contributed by atoms with van der Waals surface area (Å²) in [5.41, 5.74) is 1.07. The Morgan fingerprint density at radius 3 is 2.52 bits per heavy atom. The van der Waals surface area contributed by atoms with E-state index in [1.165, 1.54) is 20.3 Å². The second-order valence-electron chi connectivity index (χ2n) is 4.75. The van der Waals surface area contributed by atoms with Crippen LogP contribution in [0, 0.1) is 17.0 Å². The quantitative estimate of drug-likeness (QED) is 0.676. The maximum atomic E-state index is 12.4. The molecule has 2 rings (SSSR count). The number of hydrogen-bond donors (Lipinski definition) is 1. The van der Waals surface area contributed by atoms with Crippen LogP contribution in [0.15, 0.2) is 36.4 Å². The fourth-order valence-electron chi connectivity index (χ4n) is 2.15. The topological polar surface area (TPSA) is 90.7 Å². The number of anilines is 1. The first-order valence-electron chi connectivity index (χ1n) is 6.75. The van der Waals surface area contributed by atoms with E-state index in [0.29, 0.717) is 22.7 Å². The molecule has 0 bridgehead atoms. The highest BCUT2D eigenvalue weighted by Crippen LogP contribution is 2.31. The van der Waals surface area contributed by atoms with Crippen LogP contribution < -0.4 is 14.8 Å². The third-order valence-electron chi connectivity index (χ3n) is 3.31. The maximum absolute atomic E-state index is 12.4. The van der Waals surface area contributed by atoms with E-state index >= 15 is 0 Å². The van der Waals surface area contributed by atoms with Gasteiger partial charge in [-0.1, -0.05) is 12.1 Å². The Labute approximate surface area is 133 Å². The standard InChI is InChI=1S/C16H16N2O5/c1-10-7-8-11(9-13(10)18(20)21)17-16(19)12-5-4-6-14(22-2)15(12)23-3/h4-9H,1-3H3,(H,17,19). The highest BCUT2D eigenvalue weighted by Gasteiger charge is 2.18. The fraction of sp³-hybridized carbons (Fsp3) is 0.188. The highest BCUT2D eigenvalue weighted by atomic mass is 16.6. The van der Waals surface area contributed by atoms with Crippen molar-refractivity contribution >= 4 is 17.3 Å². The van der Waals surface area contributed by atoms with Gasteiger partial charge in [-0.25, -0.2) is 0 Å². The zero-order valence-electron chi connectivity index (χ0n) is 13.0. The van der Waals surface area contributed by atoms with Crippen LogP contribution in [0.5, 0.6) is 11.5 Å². The average Bonchev–Trinajstić information content (AvgIpc) is 2.55. The fourth-order valence-corrected chi connectivity index (χ4v) is 2.15. The summed E-state index contributed by atoms with van der Waals surface area (Å²) in [4.78, 5) is 22.9. The molecule has 0 atom stereocenters. The van der Waals surface area contributed by atoms with Gasteiger partial charge in [-0.3, -0.25) is 14.9 Å². The molecule has 1 amide bonds. The molecule has 0 unspecified atom stereocenters. The average molecular weight is 316 g/mol. The number of amides is 1. The number of hydrogen-bond acceptors (Lipinski definition) is 5. The van der Waals surface area contributed by atoms with Crippen molar-refractivity contribution in [1.29, 1.82) is 0 Å². The lowest BCUT2D eigenvalue weighted by atomic mass is 10.1. The minimum absolute atomic E-state index is 0.0552. The lowest BCUT2D eigenvalue weighted by molar-refractivity contribution is -0.385. The molecule has 7 nitrogen and oxygen atoms in total. The molecule has 0 fully saturated rings. The molecular weight excluding hydrogens is 300 g/mol. The molecular formula is C16H16N2O5. The summed E-state index contributed by atoms with van der Waals surface area (Å²) in [6, 6.07) is 9.42. The van der Waals surface area contributed by atoms with Gasteiger partial charge in [0.05, 0.1) is 24.7 Å². The van der Waals surface area contributed by atoms with Crippen LogP contribution >= 0.6 is 0 Å². The van der Waals surface area contributed by atoms with Crippen LogP contribution in [0.1, 0.15) is 15.9 Å². The van der Waals surface area contributed by atoms with Gasteiger partial charge in [0.1, 0.15) is 0 Å². The van der Waals surface area contributed by atoms with Gasteiger partial charge in [0, 0.05) is 17.3 Å². The summed E-state index contributed by atoms with van der Waals surface area (Å²) >= 11 is 0. The number of nitrogens with zero attached hydrogens (tertiary/aromatic N) is 1. The van der Waals surface area contributed by atoms with Crippen molar-refractivity contribution in [1.82, 2.24) is 0 Å². The summed E-state index contributed by atoms with van der Waals surface area (Å²) in [6.07, 6.45) is 0. The molecule has 7 heteroatoms. The van der Waals surface area contributed by atoms with Gasteiger partial charge in [0.15, 0.2) is 11.5 Å². The molecule has 0 aliphatic carbocycles. The Bertz CT molecular complexity index is 758. The molecule has 0 heterocycles.